The van der Waals surface area contributed by atoms with Crippen LogP contribution in [0.4, 0.5) is 0 Å². The van der Waals surface area contributed by atoms with Gasteiger partial charge in [0.05, 0.1) is 27.1 Å². The molecule has 0 bridgehead atoms. The van der Waals surface area contributed by atoms with E-state index >= 15 is 0 Å². The van der Waals surface area contributed by atoms with Gasteiger partial charge in [0.15, 0.2) is 11.5 Å². The molecule has 0 radical (unpaired) electrons. The van der Waals surface area contributed by atoms with E-state index in [0.29, 0.717) is 29.2 Å². The van der Waals surface area contributed by atoms with Crippen molar-refractivity contribution in [2.24, 2.45) is 4.40 Å². The fourth-order valence-corrected chi connectivity index (χ4v) is 4.81. The van der Waals surface area contributed by atoms with Crippen LogP contribution in [-0.2, 0) is 10.0 Å². The Morgan fingerprint density at radius 1 is 0.697 bits per heavy atom. The molecule has 0 heterocycles. The van der Waals surface area contributed by atoms with Crippen LogP contribution in [0.3, 0.4) is 0 Å². The normalized spacial score (nSPS) is 11.8. The topological polar surface area (TPSA) is 74.2 Å². The van der Waals surface area contributed by atoms with E-state index < -0.39 is 10.0 Å². The van der Waals surface area contributed by atoms with Gasteiger partial charge in [-0.3, -0.25) is 0 Å². The maximum atomic E-state index is 12.3. The van der Waals surface area contributed by atoms with Gasteiger partial charge in [0.1, 0.15) is 0 Å². The van der Waals surface area contributed by atoms with Crippen molar-refractivity contribution in [3.63, 3.8) is 0 Å². The smallest absolute Gasteiger partial charge is 0.253 e. The summed E-state index contributed by atoms with van der Waals surface area (Å²) in [6.07, 6.45) is 18.6. The Bertz CT molecular complexity index is 752. The molecule has 7 heteroatoms. The molecule has 0 saturated heterocycles. The Kier molecular flexibility index (Phi) is 15.7. The molecule has 6 nitrogen and oxygen atoms in total. The fraction of sp³-hybridized carbons (Fsp3) is 0.731. The van der Waals surface area contributed by atoms with Crippen LogP contribution < -0.4 is 14.2 Å². The number of methoxy groups -OCH3 is 3. The van der Waals surface area contributed by atoms with Crippen molar-refractivity contribution in [2.45, 2.75) is 96.8 Å². The van der Waals surface area contributed by atoms with Crippen molar-refractivity contribution in [3.8, 4) is 17.2 Å². The molecule has 0 saturated carbocycles. The molecule has 0 aliphatic heterocycles. The van der Waals surface area contributed by atoms with Gasteiger partial charge in [-0.15, -0.1) is 0 Å². The van der Waals surface area contributed by atoms with Gasteiger partial charge in [0.2, 0.25) is 5.75 Å². The minimum Gasteiger partial charge on any atom is -0.493 e. The number of sulfonamides is 1. The largest absolute Gasteiger partial charge is 0.493 e. The molecule has 0 aliphatic carbocycles. The molecule has 0 N–H and O–H groups in total. The van der Waals surface area contributed by atoms with Crippen LogP contribution >= 0.6 is 0 Å². The standard InChI is InChI=1S/C26H45NO5S/c1-5-6-7-8-9-10-11-12-13-14-15-16-17-18-19-33(28,29)27-22-23-20-24(30-2)26(32-4)25(21-23)31-3/h20-22H,5-19H2,1-4H3/b27-22+. The van der Waals surface area contributed by atoms with Gasteiger partial charge in [0, 0.05) is 11.8 Å². The van der Waals surface area contributed by atoms with E-state index in [1.165, 1.54) is 98.2 Å². The van der Waals surface area contributed by atoms with E-state index in [2.05, 4.69) is 11.3 Å². The lowest BCUT2D eigenvalue weighted by atomic mass is 10.0. The molecule has 0 aromatic heterocycles. The molecular formula is C26H45NO5S. The molecule has 0 spiro atoms. The highest BCUT2D eigenvalue weighted by molar-refractivity contribution is 7.90. The van der Waals surface area contributed by atoms with Crippen LogP contribution in [0.5, 0.6) is 17.2 Å². The van der Waals surface area contributed by atoms with Gasteiger partial charge < -0.3 is 14.2 Å². The lowest BCUT2D eigenvalue weighted by molar-refractivity contribution is 0.324. The average Bonchev–Trinajstić information content (AvgIpc) is 2.82. The van der Waals surface area contributed by atoms with E-state index in [9.17, 15) is 8.42 Å². The predicted octanol–water partition coefficient (Wildman–Crippen LogP) is 6.94. The second kappa shape index (κ2) is 17.7. The lowest BCUT2D eigenvalue weighted by Crippen LogP contribution is -2.03. The van der Waals surface area contributed by atoms with Gasteiger partial charge in [-0.25, -0.2) is 8.42 Å². The van der Waals surface area contributed by atoms with Crippen molar-refractivity contribution in [1.29, 1.82) is 0 Å². The summed E-state index contributed by atoms with van der Waals surface area (Å²) in [4.78, 5) is 0. The van der Waals surface area contributed by atoms with Crippen molar-refractivity contribution in [3.05, 3.63) is 17.7 Å². The third-order valence-corrected chi connectivity index (χ3v) is 7.04. The van der Waals surface area contributed by atoms with Crippen LogP contribution in [0, 0.1) is 0 Å². The van der Waals surface area contributed by atoms with Crippen molar-refractivity contribution < 1.29 is 22.6 Å². The van der Waals surface area contributed by atoms with E-state index in [4.69, 9.17) is 14.2 Å². The van der Waals surface area contributed by atoms with E-state index in [1.54, 1.807) is 12.1 Å². The van der Waals surface area contributed by atoms with Gasteiger partial charge in [-0.1, -0.05) is 90.4 Å². The Morgan fingerprint density at radius 3 is 1.52 bits per heavy atom. The number of unbranched alkanes of at least 4 members (excludes halogenated alkanes) is 13. The third kappa shape index (κ3) is 12.9. The number of hydrogen-bond donors (Lipinski definition) is 0. The molecule has 0 fully saturated rings. The maximum absolute atomic E-state index is 12.3. The van der Waals surface area contributed by atoms with Crippen LogP contribution in [0.1, 0.15) is 102 Å². The number of nitrogens with zero attached hydrogens (tertiary/aromatic N) is 1. The highest BCUT2D eigenvalue weighted by Crippen LogP contribution is 2.37. The summed E-state index contributed by atoms with van der Waals surface area (Å²) in [5.74, 6) is 1.46. The molecule has 0 atom stereocenters. The molecule has 0 unspecified atom stereocenters. The zero-order valence-corrected chi connectivity index (χ0v) is 22.1. The Labute approximate surface area is 202 Å². The Morgan fingerprint density at radius 2 is 1.12 bits per heavy atom. The van der Waals surface area contributed by atoms with Gasteiger partial charge in [-0.2, -0.15) is 4.40 Å². The zero-order chi connectivity index (χ0) is 24.4. The molecule has 190 valence electrons. The quantitative estimate of drug-likeness (QED) is 0.148. The first kappa shape index (κ1) is 29.3. The molecule has 0 aliphatic rings. The molecule has 0 amide bonds. The Hall–Kier alpha value is -1.76. The molecular weight excluding hydrogens is 438 g/mol. The summed E-state index contributed by atoms with van der Waals surface area (Å²) in [7, 11) is 1.07. The minimum absolute atomic E-state index is 0.0754. The maximum Gasteiger partial charge on any atom is 0.253 e. The number of ether oxygens (including phenoxy) is 3. The first-order chi connectivity index (χ1) is 16.0. The fourth-order valence-electron chi connectivity index (χ4n) is 3.85. The summed E-state index contributed by atoms with van der Waals surface area (Å²) in [6, 6.07) is 3.35. The number of hydrogen-bond acceptors (Lipinski definition) is 5. The van der Waals surface area contributed by atoms with E-state index in [-0.39, 0.29) is 5.75 Å². The first-order valence-electron chi connectivity index (χ1n) is 12.6. The summed E-state index contributed by atoms with van der Waals surface area (Å²) >= 11 is 0. The summed E-state index contributed by atoms with van der Waals surface area (Å²) in [6.45, 7) is 2.26. The molecule has 1 aromatic rings. The van der Waals surface area contributed by atoms with Crippen molar-refractivity contribution >= 4 is 16.2 Å². The third-order valence-electron chi connectivity index (χ3n) is 5.81. The Balaban J connectivity index is 2.23. The first-order valence-corrected chi connectivity index (χ1v) is 14.2. The van der Waals surface area contributed by atoms with Gasteiger partial charge >= 0.3 is 0 Å². The van der Waals surface area contributed by atoms with Crippen molar-refractivity contribution in [1.82, 2.24) is 0 Å². The van der Waals surface area contributed by atoms with Crippen LogP contribution in [-0.4, -0.2) is 41.7 Å². The minimum atomic E-state index is -3.49. The van der Waals surface area contributed by atoms with Crippen molar-refractivity contribution in [2.75, 3.05) is 27.1 Å². The number of rotatable bonds is 20. The molecule has 1 aromatic carbocycles. The van der Waals surface area contributed by atoms with Crippen LogP contribution in [0.25, 0.3) is 0 Å². The monoisotopic (exact) mass is 483 g/mol. The van der Waals surface area contributed by atoms with Crippen LogP contribution in [0.15, 0.2) is 16.5 Å². The van der Waals surface area contributed by atoms with Crippen LogP contribution in [0.2, 0.25) is 0 Å². The molecule has 1 rings (SSSR count). The highest BCUT2D eigenvalue weighted by atomic mass is 32.2. The van der Waals surface area contributed by atoms with Gasteiger partial charge in [-0.05, 0) is 18.6 Å². The zero-order valence-electron chi connectivity index (χ0n) is 21.2. The molecule has 33 heavy (non-hydrogen) atoms. The number of benzene rings is 1. The second-order valence-electron chi connectivity index (χ2n) is 8.58. The lowest BCUT2D eigenvalue weighted by Gasteiger charge is -2.12. The predicted molar refractivity (Wildman–Crippen MR) is 138 cm³/mol. The summed E-state index contributed by atoms with van der Waals surface area (Å²) < 4.78 is 44.2. The van der Waals surface area contributed by atoms with E-state index in [1.807, 2.05) is 0 Å². The highest BCUT2D eigenvalue weighted by Gasteiger charge is 2.13. The van der Waals surface area contributed by atoms with Gasteiger partial charge in [0.25, 0.3) is 10.0 Å². The second-order valence-corrected chi connectivity index (χ2v) is 10.4. The SMILES string of the molecule is CCCCCCCCCCCCCCCCS(=O)(=O)/N=C/c1cc(OC)c(OC)c(OC)c1. The van der Waals surface area contributed by atoms with E-state index in [0.717, 1.165) is 12.8 Å². The average molecular weight is 484 g/mol. The summed E-state index contributed by atoms with van der Waals surface area (Å²) in [5, 5.41) is 0. The summed E-state index contributed by atoms with van der Waals surface area (Å²) in [5.41, 5.74) is 0.578.